The van der Waals surface area contributed by atoms with Gasteiger partial charge in [-0.05, 0) is 6.92 Å². The molecule has 0 aliphatic rings. The highest BCUT2D eigenvalue weighted by Gasteiger charge is 2.15. The van der Waals surface area contributed by atoms with Crippen LogP contribution in [-0.4, -0.2) is 23.7 Å². The van der Waals surface area contributed by atoms with Crippen molar-refractivity contribution in [3.8, 4) is 10.6 Å². The van der Waals surface area contributed by atoms with Crippen LogP contribution in [0.2, 0.25) is 0 Å². The third kappa shape index (κ3) is 4.51. The molecule has 0 spiro atoms. The highest BCUT2D eigenvalue weighted by molar-refractivity contribution is 7.13. The lowest BCUT2D eigenvalue weighted by atomic mass is 10.2. The lowest BCUT2D eigenvalue weighted by Gasteiger charge is -2.10. The van der Waals surface area contributed by atoms with Crippen molar-refractivity contribution in [2.75, 3.05) is 6.61 Å². The molecule has 0 radical (unpaired) electrons. The van der Waals surface area contributed by atoms with Crippen molar-refractivity contribution in [2.45, 2.75) is 19.6 Å². The molecule has 0 fully saturated rings. The summed E-state index contributed by atoms with van der Waals surface area (Å²) in [5.74, 6) is -0.397. The summed E-state index contributed by atoms with van der Waals surface area (Å²) in [7, 11) is 0. The highest BCUT2D eigenvalue weighted by atomic mass is 32.1. The minimum absolute atomic E-state index is 0.157. The maximum absolute atomic E-state index is 11.7. The Bertz CT molecular complexity index is 595. The molecule has 0 saturated carbocycles. The van der Waals surface area contributed by atoms with Crippen LogP contribution in [0.25, 0.3) is 10.6 Å². The van der Waals surface area contributed by atoms with Crippen LogP contribution >= 0.6 is 11.3 Å². The van der Waals surface area contributed by atoms with Gasteiger partial charge >= 0.3 is 5.97 Å². The third-order valence-corrected chi connectivity index (χ3v) is 3.67. The summed E-state index contributed by atoms with van der Waals surface area (Å²) in [6, 6.07) is 9.90. The normalized spacial score (nSPS) is 11.9. The molecule has 0 aliphatic heterocycles. The van der Waals surface area contributed by atoms with Gasteiger partial charge in [-0.1, -0.05) is 36.4 Å². The van der Waals surface area contributed by atoms with E-state index in [1.807, 2.05) is 35.7 Å². The van der Waals surface area contributed by atoms with E-state index in [-0.39, 0.29) is 6.61 Å². The molecule has 1 heterocycles. The fourth-order valence-corrected chi connectivity index (χ4v) is 2.44. The van der Waals surface area contributed by atoms with Crippen LogP contribution in [0.4, 0.5) is 0 Å². The summed E-state index contributed by atoms with van der Waals surface area (Å²) < 4.78 is 10.4. The van der Waals surface area contributed by atoms with Gasteiger partial charge in [0.15, 0.2) is 6.10 Å². The van der Waals surface area contributed by atoms with Gasteiger partial charge in [-0.2, -0.15) is 0 Å². The van der Waals surface area contributed by atoms with Crippen molar-refractivity contribution < 1.29 is 14.3 Å². The van der Waals surface area contributed by atoms with E-state index in [4.69, 9.17) is 9.47 Å². The standard InChI is InChI=1S/C16H17NO3S/c1-3-9-19-12(2)16(18)20-10-14-11-21-15(17-14)13-7-5-4-6-8-13/h3-8,11-12H,1,9-10H2,2H3. The first-order valence-corrected chi connectivity index (χ1v) is 7.47. The minimum Gasteiger partial charge on any atom is -0.457 e. The first-order valence-electron chi connectivity index (χ1n) is 6.59. The van der Waals surface area contributed by atoms with Crippen molar-refractivity contribution >= 4 is 17.3 Å². The minimum atomic E-state index is -0.602. The van der Waals surface area contributed by atoms with Gasteiger partial charge in [0.25, 0.3) is 0 Å². The van der Waals surface area contributed by atoms with Crippen LogP contribution in [0.1, 0.15) is 12.6 Å². The fraction of sp³-hybridized carbons (Fsp3) is 0.250. The number of hydrogen-bond donors (Lipinski definition) is 0. The number of aromatic nitrogens is 1. The predicted molar refractivity (Wildman–Crippen MR) is 83.0 cm³/mol. The molecule has 0 aliphatic carbocycles. The largest absolute Gasteiger partial charge is 0.457 e. The van der Waals surface area contributed by atoms with Crippen LogP contribution in [-0.2, 0) is 20.9 Å². The summed E-state index contributed by atoms with van der Waals surface area (Å²) in [5.41, 5.74) is 1.80. The topological polar surface area (TPSA) is 48.4 Å². The summed E-state index contributed by atoms with van der Waals surface area (Å²) in [6.07, 6.45) is 0.992. The van der Waals surface area contributed by atoms with Crippen LogP contribution in [0.15, 0.2) is 48.4 Å². The maximum Gasteiger partial charge on any atom is 0.335 e. The van der Waals surface area contributed by atoms with Crippen molar-refractivity contribution in [1.29, 1.82) is 0 Å². The van der Waals surface area contributed by atoms with Gasteiger partial charge in [0.05, 0.1) is 12.3 Å². The predicted octanol–water partition coefficient (Wildman–Crippen LogP) is 3.44. The second-order valence-corrected chi connectivity index (χ2v) is 5.24. The quantitative estimate of drug-likeness (QED) is 0.580. The maximum atomic E-state index is 11.7. The summed E-state index contributed by atoms with van der Waals surface area (Å²) >= 11 is 1.53. The molecule has 1 aromatic heterocycles. The molecule has 0 bridgehead atoms. The Morgan fingerprint density at radius 3 is 2.90 bits per heavy atom. The average Bonchev–Trinajstić information content (AvgIpc) is 3.00. The van der Waals surface area contributed by atoms with Crippen molar-refractivity contribution in [2.24, 2.45) is 0 Å². The smallest absolute Gasteiger partial charge is 0.335 e. The van der Waals surface area contributed by atoms with Gasteiger partial charge in [-0.15, -0.1) is 17.9 Å². The van der Waals surface area contributed by atoms with Crippen LogP contribution < -0.4 is 0 Å². The van der Waals surface area contributed by atoms with E-state index in [1.165, 1.54) is 11.3 Å². The molecular weight excluding hydrogens is 286 g/mol. The third-order valence-electron chi connectivity index (χ3n) is 2.73. The van der Waals surface area contributed by atoms with E-state index in [9.17, 15) is 4.79 Å². The fourth-order valence-electron chi connectivity index (χ4n) is 1.63. The van der Waals surface area contributed by atoms with E-state index in [1.54, 1.807) is 13.0 Å². The molecular formula is C16H17NO3S. The van der Waals surface area contributed by atoms with E-state index in [0.29, 0.717) is 6.61 Å². The molecule has 1 atom stereocenters. The summed E-state index contributed by atoms with van der Waals surface area (Å²) in [4.78, 5) is 16.2. The Morgan fingerprint density at radius 2 is 2.19 bits per heavy atom. The molecule has 4 nitrogen and oxygen atoms in total. The van der Waals surface area contributed by atoms with Crippen LogP contribution in [0, 0.1) is 0 Å². The number of rotatable bonds is 7. The number of carbonyl (C=O) groups excluding carboxylic acids is 1. The first-order chi connectivity index (χ1) is 10.2. The van der Waals surface area contributed by atoms with Crippen LogP contribution in [0.5, 0.6) is 0 Å². The zero-order valence-corrected chi connectivity index (χ0v) is 12.6. The van der Waals surface area contributed by atoms with Gasteiger partial charge in [0.2, 0.25) is 0 Å². The Hall–Kier alpha value is -1.98. The van der Waals surface area contributed by atoms with Crippen molar-refractivity contribution in [1.82, 2.24) is 4.98 Å². The van der Waals surface area contributed by atoms with E-state index < -0.39 is 12.1 Å². The Labute approximate surface area is 128 Å². The second-order valence-electron chi connectivity index (χ2n) is 4.38. The molecule has 2 aromatic rings. The average molecular weight is 303 g/mol. The molecule has 2 rings (SSSR count). The summed E-state index contributed by atoms with van der Waals surface area (Å²) in [6.45, 7) is 5.67. The number of ether oxygens (including phenoxy) is 2. The summed E-state index contributed by atoms with van der Waals surface area (Å²) in [5, 5.41) is 2.81. The SMILES string of the molecule is C=CCOC(C)C(=O)OCc1csc(-c2ccccc2)n1. The number of nitrogens with zero attached hydrogens (tertiary/aromatic N) is 1. The van der Waals surface area contributed by atoms with E-state index >= 15 is 0 Å². The zero-order chi connectivity index (χ0) is 15.1. The zero-order valence-electron chi connectivity index (χ0n) is 11.8. The molecule has 1 aromatic carbocycles. The van der Waals surface area contributed by atoms with Crippen molar-refractivity contribution in [3.05, 3.63) is 54.1 Å². The molecule has 21 heavy (non-hydrogen) atoms. The van der Waals surface area contributed by atoms with E-state index in [0.717, 1.165) is 16.3 Å². The van der Waals surface area contributed by atoms with Gasteiger partial charge < -0.3 is 9.47 Å². The highest BCUT2D eigenvalue weighted by Crippen LogP contribution is 2.23. The molecule has 0 amide bonds. The van der Waals surface area contributed by atoms with Gasteiger partial charge in [0.1, 0.15) is 11.6 Å². The lowest BCUT2D eigenvalue weighted by Crippen LogP contribution is -2.23. The molecule has 0 N–H and O–H groups in total. The number of benzene rings is 1. The molecule has 5 heteroatoms. The first kappa shape index (κ1) is 15.4. The monoisotopic (exact) mass is 303 g/mol. The molecule has 110 valence electrons. The van der Waals surface area contributed by atoms with Gasteiger partial charge in [-0.3, -0.25) is 0 Å². The second kappa shape index (κ2) is 7.71. The molecule has 0 saturated heterocycles. The number of carbonyl (C=O) groups is 1. The number of esters is 1. The number of hydrogen-bond acceptors (Lipinski definition) is 5. The van der Waals surface area contributed by atoms with E-state index in [2.05, 4.69) is 11.6 Å². The lowest BCUT2D eigenvalue weighted by molar-refractivity contribution is -0.156. The Balaban J connectivity index is 1.88. The van der Waals surface area contributed by atoms with Crippen LogP contribution in [0.3, 0.4) is 0 Å². The Morgan fingerprint density at radius 1 is 1.43 bits per heavy atom. The Kier molecular flexibility index (Phi) is 5.66. The van der Waals surface area contributed by atoms with Gasteiger partial charge in [0, 0.05) is 10.9 Å². The molecule has 1 unspecified atom stereocenters. The van der Waals surface area contributed by atoms with Gasteiger partial charge in [-0.25, -0.2) is 9.78 Å². The van der Waals surface area contributed by atoms with Crippen molar-refractivity contribution in [3.63, 3.8) is 0 Å². The number of thiazole rings is 1.